The molecular weight excluding hydrogens is 328 g/mol. The van der Waals surface area contributed by atoms with Crippen LogP contribution in [0.25, 0.3) is 0 Å². The molecule has 2 aliphatic heterocycles. The quantitative estimate of drug-likeness (QED) is 0.621. The van der Waals surface area contributed by atoms with Crippen molar-refractivity contribution < 1.29 is 8.42 Å². The third kappa shape index (κ3) is 2.56. The lowest BCUT2D eigenvalue weighted by atomic mass is 10.1. The molecule has 7 heteroatoms. The number of benzene rings is 1. The van der Waals surface area contributed by atoms with Crippen molar-refractivity contribution in [3.8, 4) is 0 Å². The molecule has 1 aromatic rings. The number of nitrogens with zero attached hydrogens (tertiary/aromatic N) is 2. The summed E-state index contributed by atoms with van der Waals surface area (Å²) in [6.45, 7) is 4.29. The Bertz CT molecular complexity index is 687. The summed E-state index contributed by atoms with van der Waals surface area (Å²) in [5.74, 6) is 0.282. The fraction of sp³-hybridized carbons (Fsp3) is 0.357. The van der Waals surface area contributed by atoms with Gasteiger partial charge in [0.1, 0.15) is 0 Å². The maximum absolute atomic E-state index is 12.0. The Morgan fingerprint density at radius 1 is 1.29 bits per heavy atom. The zero-order chi connectivity index (χ0) is 15.2. The summed E-state index contributed by atoms with van der Waals surface area (Å²) in [5, 5.41) is 1.30. The summed E-state index contributed by atoms with van der Waals surface area (Å²) >= 11 is 11.5. The normalized spacial score (nSPS) is 27.0. The second kappa shape index (κ2) is 5.26. The molecule has 0 aliphatic carbocycles. The number of hydrogen-bond donors (Lipinski definition) is 0. The summed E-state index contributed by atoms with van der Waals surface area (Å²) < 4.78 is 24.0. The van der Waals surface area contributed by atoms with Crippen LogP contribution in [0.5, 0.6) is 0 Å². The van der Waals surface area contributed by atoms with Crippen LogP contribution in [0.1, 0.15) is 0 Å². The van der Waals surface area contributed by atoms with Gasteiger partial charge in [-0.2, -0.15) is 0 Å². The lowest BCUT2D eigenvalue weighted by Gasteiger charge is -2.24. The number of hydrogen-bond acceptors (Lipinski definition) is 3. The first kappa shape index (κ1) is 14.8. The van der Waals surface area contributed by atoms with Crippen LogP contribution >= 0.6 is 23.8 Å². The van der Waals surface area contributed by atoms with Gasteiger partial charge in [-0.3, -0.25) is 0 Å². The average molecular weight is 343 g/mol. The number of thiocarbonyl (C=S) groups is 1. The molecule has 2 fully saturated rings. The summed E-state index contributed by atoms with van der Waals surface area (Å²) in [6.07, 6.45) is 1.75. The van der Waals surface area contributed by atoms with Gasteiger partial charge >= 0.3 is 0 Å². The largest absolute Gasteiger partial charge is 0.339 e. The molecule has 2 saturated heterocycles. The van der Waals surface area contributed by atoms with Gasteiger partial charge in [0.05, 0.1) is 23.6 Å². The summed E-state index contributed by atoms with van der Waals surface area (Å²) in [5.41, 5.74) is 0.878. The third-order valence-corrected chi connectivity index (χ3v) is 6.29. The van der Waals surface area contributed by atoms with E-state index in [9.17, 15) is 8.42 Å². The van der Waals surface area contributed by atoms with Gasteiger partial charge in [0.25, 0.3) is 0 Å². The van der Waals surface area contributed by atoms with Crippen LogP contribution in [0.3, 0.4) is 0 Å². The van der Waals surface area contributed by atoms with E-state index < -0.39 is 9.84 Å². The molecule has 0 N–H and O–H groups in total. The average Bonchev–Trinajstić information content (AvgIpc) is 2.84. The Morgan fingerprint density at radius 2 is 1.90 bits per heavy atom. The van der Waals surface area contributed by atoms with Gasteiger partial charge in [0.2, 0.25) is 0 Å². The molecule has 21 heavy (non-hydrogen) atoms. The smallest absolute Gasteiger partial charge is 0.177 e. The maximum Gasteiger partial charge on any atom is 0.177 e. The SMILES string of the molecule is C=CCN1C(=S)N(c2ccc(Cl)cc2)[C@@H]2CS(=O)(=O)C[C@H]21. The van der Waals surface area contributed by atoms with Crippen LogP contribution in [0.2, 0.25) is 5.02 Å². The Labute approximate surface area is 134 Å². The number of halogens is 1. The topological polar surface area (TPSA) is 40.6 Å². The number of rotatable bonds is 3. The maximum atomic E-state index is 12.0. The van der Waals surface area contributed by atoms with E-state index in [1.165, 1.54) is 0 Å². The van der Waals surface area contributed by atoms with Crippen LogP contribution in [0, 0.1) is 0 Å². The predicted octanol–water partition coefficient (Wildman–Crippen LogP) is 2.10. The molecular formula is C14H15ClN2O2S2. The first-order chi connectivity index (χ1) is 9.93. The molecule has 4 nitrogen and oxygen atoms in total. The van der Waals surface area contributed by atoms with E-state index in [-0.39, 0.29) is 23.6 Å². The molecule has 1 aromatic carbocycles. The zero-order valence-corrected chi connectivity index (χ0v) is 13.7. The lowest BCUT2D eigenvalue weighted by molar-refractivity contribution is 0.389. The zero-order valence-electron chi connectivity index (χ0n) is 11.3. The van der Waals surface area contributed by atoms with E-state index in [4.69, 9.17) is 23.8 Å². The Kier molecular flexibility index (Phi) is 3.71. The number of fused-ring (bicyclic) bond motifs is 1. The first-order valence-corrected chi connectivity index (χ1v) is 9.20. The van der Waals surface area contributed by atoms with Crippen molar-refractivity contribution in [3.05, 3.63) is 41.9 Å². The highest BCUT2D eigenvalue weighted by atomic mass is 35.5. The first-order valence-electron chi connectivity index (χ1n) is 6.59. The van der Waals surface area contributed by atoms with Gasteiger partial charge in [0, 0.05) is 17.3 Å². The van der Waals surface area contributed by atoms with Gasteiger partial charge < -0.3 is 9.80 Å². The van der Waals surface area contributed by atoms with Crippen LogP contribution in [0.4, 0.5) is 5.69 Å². The minimum atomic E-state index is -3.03. The molecule has 0 spiro atoms. The Hall–Kier alpha value is -1.11. The van der Waals surface area contributed by atoms with Crippen LogP contribution in [-0.4, -0.2) is 48.6 Å². The number of sulfone groups is 1. The van der Waals surface area contributed by atoms with Gasteiger partial charge in [-0.25, -0.2) is 8.42 Å². The molecule has 3 rings (SSSR count). The van der Waals surface area contributed by atoms with Gasteiger partial charge in [0.15, 0.2) is 14.9 Å². The highest BCUT2D eigenvalue weighted by molar-refractivity contribution is 7.91. The van der Waals surface area contributed by atoms with Crippen molar-refractivity contribution >= 4 is 44.5 Å². The molecule has 0 amide bonds. The summed E-state index contributed by atoms with van der Waals surface area (Å²) in [4.78, 5) is 3.89. The highest BCUT2D eigenvalue weighted by Crippen LogP contribution is 2.35. The summed E-state index contributed by atoms with van der Waals surface area (Å²) in [7, 11) is -3.03. The Morgan fingerprint density at radius 3 is 2.52 bits per heavy atom. The summed E-state index contributed by atoms with van der Waals surface area (Å²) in [6, 6.07) is 7.07. The van der Waals surface area contributed by atoms with E-state index in [0.717, 1.165) is 5.69 Å². The van der Waals surface area contributed by atoms with Crippen molar-refractivity contribution in [2.45, 2.75) is 12.1 Å². The predicted molar refractivity (Wildman–Crippen MR) is 89.7 cm³/mol. The van der Waals surface area contributed by atoms with Gasteiger partial charge in [-0.15, -0.1) is 6.58 Å². The van der Waals surface area contributed by atoms with E-state index in [0.29, 0.717) is 16.7 Å². The second-order valence-electron chi connectivity index (χ2n) is 5.28. The molecule has 0 saturated carbocycles. The van der Waals surface area contributed by atoms with E-state index >= 15 is 0 Å². The lowest BCUT2D eigenvalue weighted by Crippen LogP contribution is -2.37. The van der Waals surface area contributed by atoms with Crippen molar-refractivity contribution in [2.24, 2.45) is 0 Å². The van der Waals surface area contributed by atoms with E-state index in [1.54, 1.807) is 18.2 Å². The van der Waals surface area contributed by atoms with Crippen molar-refractivity contribution in [1.29, 1.82) is 0 Å². The molecule has 2 aliphatic rings. The molecule has 0 bridgehead atoms. The molecule has 2 heterocycles. The van der Waals surface area contributed by atoms with Crippen LogP contribution < -0.4 is 4.90 Å². The molecule has 0 radical (unpaired) electrons. The minimum Gasteiger partial charge on any atom is -0.339 e. The minimum absolute atomic E-state index is 0.101. The monoisotopic (exact) mass is 342 g/mol. The van der Waals surface area contributed by atoms with Crippen LogP contribution in [0.15, 0.2) is 36.9 Å². The van der Waals surface area contributed by atoms with Gasteiger partial charge in [-0.05, 0) is 36.5 Å². The van der Waals surface area contributed by atoms with Gasteiger partial charge in [-0.1, -0.05) is 17.7 Å². The Balaban J connectivity index is 2.01. The molecule has 112 valence electrons. The molecule has 2 atom stereocenters. The standard InChI is InChI=1S/C14H15ClN2O2S2/c1-2-7-16-12-8-21(18,19)9-13(12)17(14(16)20)11-5-3-10(15)4-6-11/h2-6,12-13H,1,7-9H2/t12-,13-/m1/s1. The highest BCUT2D eigenvalue weighted by Gasteiger charge is 2.51. The number of anilines is 1. The van der Waals surface area contributed by atoms with Crippen LogP contribution in [-0.2, 0) is 9.84 Å². The van der Waals surface area contributed by atoms with Crippen molar-refractivity contribution in [1.82, 2.24) is 4.90 Å². The van der Waals surface area contributed by atoms with Crippen molar-refractivity contribution in [3.63, 3.8) is 0 Å². The van der Waals surface area contributed by atoms with E-state index in [2.05, 4.69) is 6.58 Å². The molecule has 0 aromatic heterocycles. The fourth-order valence-corrected chi connectivity index (χ4v) is 5.56. The fourth-order valence-electron chi connectivity index (χ4n) is 3.03. The molecule has 0 unspecified atom stereocenters. The van der Waals surface area contributed by atoms with Crippen molar-refractivity contribution in [2.75, 3.05) is 23.0 Å². The second-order valence-corrected chi connectivity index (χ2v) is 8.24. The third-order valence-electron chi connectivity index (χ3n) is 3.91. The van der Waals surface area contributed by atoms with E-state index in [1.807, 2.05) is 21.9 Å².